The molecule has 0 aromatic heterocycles. The first-order chi connectivity index (χ1) is 9.74. The lowest BCUT2D eigenvalue weighted by molar-refractivity contribution is -0.0971. The van der Waals surface area contributed by atoms with Crippen molar-refractivity contribution in [2.45, 2.75) is 84.5 Å². The van der Waals surface area contributed by atoms with Gasteiger partial charge in [0.15, 0.2) is 0 Å². The van der Waals surface area contributed by atoms with Gasteiger partial charge in [-0.3, -0.25) is 0 Å². The summed E-state index contributed by atoms with van der Waals surface area (Å²) >= 11 is 0. The van der Waals surface area contributed by atoms with E-state index in [1.165, 1.54) is 38.5 Å². The van der Waals surface area contributed by atoms with Crippen LogP contribution >= 0.6 is 0 Å². The Balaban J connectivity index is 3.67. The van der Waals surface area contributed by atoms with Gasteiger partial charge >= 0.3 is 0 Å². The molecule has 0 heterocycles. The van der Waals surface area contributed by atoms with Crippen LogP contribution in [0.5, 0.6) is 0 Å². The van der Waals surface area contributed by atoms with Gasteiger partial charge in [-0.05, 0) is 32.6 Å². The largest absolute Gasteiger partial charge is 0.380 e. The lowest BCUT2D eigenvalue weighted by atomic mass is 10.1. The number of aliphatic hydroxyl groups excluding tert-OH is 1. The average molecular weight is 284 g/mol. The molecule has 0 aliphatic heterocycles. The van der Waals surface area contributed by atoms with Crippen LogP contribution in [-0.4, -0.2) is 30.7 Å². The molecule has 0 saturated carbocycles. The Hall–Kier alpha value is -0.560. The second kappa shape index (κ2) is 14.8. The summed E-state index contributed by atoms with van der Waals surface area (Å²) in [5.41, 5.74) is 0. The van der Waals surface area contributed by atoms with Crippen LogP contribution in [0.3, 0.4) is 0 Å². The monoisotopic (exact) mass is 284 g/mol. The quantitative estimate of drug-likeness (QED) is 0.336. The fraction of sp³-hybridized carbons (Fsp3) is 0.882. The molecule has 1 unspecified atom stereocenters. The van der Waals surface area contributed by atoms with Gasteiger partial charge in [-0.2, -0.15) is 0 Å². The predicted octanol–water partition coefficient (Wildman–Crippen LogP) is 3.89. The first-order valence-electron chi connectivity index (χ1n) is 8.16. The molecule has 0 bridgehead atoms. The molecule has 0 rings (SSSR count). The number of ether oxygens (including phenoxy) is 2. The van der Waals surface area contributed by atoms with Gasteiger partial charge in [-0.1, -0.05) is 51.4 Å². The smallest absolute Gasteiger partial charge is 0.222 e. The van der Waals surface area contributed by atoms with Gasteiger partial charge in [-0.15, -0.1) is 0 Å². The normalized spacial score (nSPS) is 12.2. The topological polar surface area (TPSA) is 38.7 Å². The van der Waals surface area contributed by atoms with Crippen LogP contribution in [0.1, 0.15) is 72.1 Å². The summed E-state index contributed by atoms with van der Waals surface area (Å²) < 4.78 is 10.6. The van der Waals surface area contributed by atoms with Crippen molar-refractivity contribution in [3.63, 3.8) is 0 Å². The number of rotatable bonds is 12. The maximum absolute atomic E-state index is 9.79. The van der Waals surface area contributed by atoms with Crippen molar-refractivity contribution < 1.29 is 14.6 Å². The summed E-state index contributed by atoms with van der Waals surface area (Å²) in [6.07, 6.45) is 8.43. The highest BCUT2D eigenvalue weighted by atomic mass is 16.7. The SMILES string of the molecule is CCCCCCCCCC(O)C#CC(OCC)OCC. The molecule has 0 radical (unpaired) electrons. The molecule has 20 heavy (non-hydrogen) atoms. The van der Waals surface area contributed by atoms with Gasteiger partial charge in [0.1, 0.15) is 6.10 Å². The number of hydrogen-bond donors (Lipinski definition) is 1. The molecule has 0 aliphatic carbocycles. The van der Waals surface area contributed by atoms with E-state index < -0.39 is 12.4 Å². The number of hydrogen-bond acceptors (Lipinski definition) is 3. The average Bonchev–Trinajstić information content (AvgIpc) is 2.44. The van der Waals surface area contributed by atoms with E-state index in [-0.39, 0.29) is 0 Å². The third-order valence-electron chi connectivity index (χ3n) is 3.08. The molecular weight excluding hydrogens is 252 g/mol. The molecule has 0 fully saturated rings. The van der Waals surface area contributed by atoms with Gasteiger partial charge in [0, 0.05) is 13.2 Å². The molecule has 0 aromatic rings. The first kappa shape index (κ1) is 19.4. The minimum Gasteiger partial charge on any atom is -0.380 e. The highest BCUT2D eigenvalue weighted by molar-refractivity contribution is 5.07. The fourth-order valence-corrected chi connectivity index (χ4v) is 1.97. The zero-order valence-corrected chi connectivity index (χ0v) is 13.5. The van der Waals surface area contributed by atoms with Gasteiger partial charge in [0.05, 0.1) is 0 Å². The maximum atomic E-state index is 9.79. The molecule has 118 valence electrons. The number of unbranched alkanes of at least 4 members (excludes halogenated alkanes) is 6. The summed E-state index contributed by atoms with van der Waals surface area (Å²) in [4.78, 5) is 0. The van der Waals surface area contributed by atoms with E-state index in [1.807, 2.05) is 13.8 Å². The molecule has 1 atom stereocenters. The minimum absolute atomic E-state index is 0.506. The van der Waals surface area contributed by atoms with Crippen molar-refractivity contribution in [3.05, 3.63) is 0 Å². The lowest BCUT2D eigenvalue weighted by Gasteiger charge is -2.10. The van der Waals surface area contributed by atoms with Crippen molar-refractivity contribution in [2.24, 2.45) is 0 Å². The van der Waals surface area contributed by atoms with Gasteiger partial charge < -0.3 is 14.6 Å². The first-order valence-corrected chi connectivity index (χ1v) is 8.16. The minimum atomic E-state index is -0.561. The van der Waals surface area contributed by atoms with E-state index in [0.717, 1.165) is 12.8 Å². The van der Waals surface area contributed by atoms with E-state index >= 15 is 0 Å². The Morgan fingerprint density at radius 3 is 1.90 bits per heavy atom. The maximum Gasteiger partial charge on any atom is 0.222 e. The van der Waals surface area contributed by atoms with Gasteiger partial charge in [-0.25, -0.2) is 0 Å². The third kappa shape index (κ3) is 12.5. The van der Waals surface area contributed by atoms with Crippen molar-refractivity contribution >= 4 is 0 Å². The van der Waals surface area contributed by atoms with E-state index in [9.17, 15) is 5.11 Å². The Bertz CT molecular complexity index is 249. The summed E-state index contributed by atoms with van der Waals surface area (Å²) in [6.45, 7) is 7.17. The summed E-state index contributed by atoms with van der Waals surface area (Å²) in [7, 11) is 0. The van der Waals surface area contributed by atoms with Crippen LogP contribution in [0.25, 0.3) is 0 Å². The van der Waals surface area contributed by atoms with Gasteiger partial charge in [0.25, 0.3) is 0 Å². The van der Waals surface area contributed by atoms with Crippen molar-refractivity contribution in [3.8, 4) is 11.8 Å². The Labute approximate surface area is 125 Å². The third-order valence-corrected chi connectivity index (χ3v) is 3.08. The van der Waals surface area contributed by atoms with E-state index in [1.54, 1.807) is 0 Å². The van der Waals surface area contributed by atoms with Crippen molar-refractivity contribution in [1.29, 1.82) is 0 Å². The van der Waals surface area contributed by atoms with Gasteiger partial charge in [0.2, 0.25) is 6.29 Å². The van der Waals surface area contributed by atoms with E-state index in [0.29, 0.717) is 13.2 Å². The highest BCUT2D eigenvalue weighted by Gasteiger charge is 2.04. The summed E-state index contributed by atoms with van der Waals surface area (Å²) in [6, 6.07) is 0. The molecule has 3 nitrogen and oxygen atoms in total. The molecule has 0 aromatic carbocycles. The predicted molar refractivity (Wildman–Crippen MR) is 83.4 cm³/mol. The lowest BCUT2D eigenvalue weighted by Crippen LogP contribution is -2.16. The summed E-state index contributed by atoms with van der Waals surface area (Å²) in [5.74, 6) is 5.66. The fourth-order valence-electron chi connectivity index (χ4n) is 1.97. The zero-order valence-electron chi connectivity index (χ0n) is 13.5. The molecule has 0 saturated heterocycles. The van der Waals surface area contributed by atoms with Crippen LogP contribution in [-0.2, 0) is 9.47 Å². The molecule has 0 amide bonds. The molecule has 1 N–H and O–H groups in total. The molecular formula is C17H32O3. The second-order valence-electron chi connectivity index (χ2n) is 4.96. The molecule has 3 heteroatoms. The summed E-state index contributed by atoms with van der Waals surface area (Å²) in [5, 5.41) is 9.79. The van der Waals surface area contributed by atoms with Crippen molar-refractivity contribution in [2.75, 3.05) is 13.2 Å². The second-order valence-corrected chi connectivity index (χ2v) is 4.96. The van der Waals surface area contributed by atoms with Crippen molar-refractivity contribution in [1.82, 2.24) is 0 Å². The van der Waals surface area contributed by atoms with Crippen LogP contribution < -0.4 is 0 Å². The van der Waals surface area contributed by atoms with E-state index in [4.69, 9.17) is 9.47 Å². The Kier molecular flexibility index (Phi) is 14.4. The standard InChI is InChI=1S/C17H32O3/c1-4-7-8-9-10-11-12-13-16(18)14-15-17(19-5-2)20-6-3/h16-18H,4-13H2,1-3H3. The number of aliphatic hydroxyl groups is 1. The molecule has 0 aliphatic rings. The highest BCUT2D eigenvalue weighted by Crippen LogP contribution is 2.09. The van der Waals surface area contributed by atoms with Crippen LogP contribution in [0.4, 0.5) is 0 Å². The van der Waals surface area contributed by atoms with E-state index in [2.05, 4.69) is 18.8 Å². The van der Waals surface area contributed by atoms with Crippen LogP contribution in [0.2, 0.25) is 0 Å². The Morgan fingerprint density at radius 2 is 1.35 bits per heavy atom. The van der Waals surface area contributed by atoms with Crippen LogP contribution in [0.15, 0.2) is 0 Å². The zero-order chi connectivity index (χ0) is 15.1. The van der Waals surface area contributed by atoms with Crippen LogP contribution in [0, 0.1) is 11.8 Å². The molecule has 0 spiro atoms. The Morgan fingerprint density at radius 1 is 0.800 bits per heavy atom.